The van der Waals surface area contributed by atoms with Crippen molar-refractivity contribution in [2.24, 2.45) is 10.1 Å². The molecule has 0 saturated carbocycles. The zero-order valence-corrected chi connectivity index (χ0v) is 20.5. The molecule has 6 nitrogen and oxygen atoms in total. The highest BCUT2D eigenvalue weighted by Crippen LogP contribution is 2.39. The average molecular weight is 489 g/mol. The maximum absolute atomic E-state index is 12.7. The van der Waals surface area contributed by atoms with E-state index in [0.29, 0.717) is 5.17 Å². The number of thiophene rings is 1. The van der Waals surface area contributed by atoms with E-state index in [9.17, 15) is 9.59 Å². The molecule has 2 aliphatic heterocycles. The molecule has 3 heterocycles. The summed E-state index contributed by atoms with van der Waals surface area (Å²) in [6.45, 7) is 4.03. The molecule has 2 aliphatic rings. The van der Waals surface area contributed by atoms with Gasteiger partial charge in [0.1, 0.15) is 5.25 Å². The van der Waals surface area contributed by atoms with Crippen LogP contribution in [0.1, 0.15) is 40.5 Å². The lowest BCUT2D eigenvalue weighted by Crippen LogP contribution is -2.25. The summed E-state index contributed by atoms with van der Waals surface area (Å²) in [6.07, 6.45) is 0.797. The molecule has 2 amide bonds. The molecule has 8 heteroatoms. The van der Waals surface area contributed by atoms with Crippen LogP contribution in [0.15, 0.2) is 76.1 Å². The van der Waals surface area contributed by atoms with Gasteiger partial charge in [0.15, 0.2) is 5.17 Å². The Bertz CT molecular complexity index is 1290. The molecule has 172 valence electrons. The number of hydrazone groups is 1. The van der Waals surface area contributed by atoms with Gasteiger partial charge in [0.05, 0.1) is 16.6 Å². The lowest BCUT2D eigenvalue weighted by molar-refractivity contribution is -0.121. The van der Waals surface area contributed by atoms with Crippen molar-refractivity contribution < 1.29 is 9.59 Å². The van der Waals surface area contributed by atoms with E-state index in [1.165, 1.54) is 17.3 Å². The monoisotopic (exact) mass is 488 g/mol. The number of aryl methyl sites for hydroxylation is 2. The third kappa shape index (κ3) is 4.69. The lowest BCUT2D eigenvalue weighted by atomic mass is 10.0. The van der Waals surface area contributed by atoms with Gasteiger partial charge in [0.25, 0.3) is 5.91 Å². The van der Waals surface area contributed by atoms with Crippen molar-refractivity contribution in [1.82, 2.24) is 5.01 Å². The molecule has 3 aromatic rings. The first-order valence-corrected chi connectivity index (χ1v) is 12.9. The fourth-order valence-electron chi connectivity index (χ4n) is 4.02. The Hall–Kier alpha value is -3.23. The van der Waals surface area contributed by atoms with Crippen molar-refractivity contribution in [3.8, 4) is 0 Å². The van der Waals surface area contributed by atoms with Crippen molar-refractivity contribution in [2.45, 2.75) is 38.0 Å². The Morgan fingerprint density at radius 1 is 1.09 bits per heavy atom. The van der Waals surface area contributed by atoms with E-state index in [2.05, 4.69) is 28.5 Å². The number of carbonyl (C=O) groups excluding carboxylic acids is 2. The molecule has 0 unspecified atom stereocenters. The van der Waals surface area contributed by atoms with Crippen LogP contribution in [0.4, 0.5) is 5.69 Å². The van der Waals surface area contributed by atoms with Gasteiger partial charge in [-0.3, -0.25) is 9.59 Å². The minimum absolute atomic E-state index is 0.0412. The minimum atomic E-state index is -0.557. The van der Waals surface area contributed by atoms with E-state index in [4.69, 9.17) is 5.10 Å². The quantitative estimate of drug-likeness (QED) is 0.512. The maximum Gasteiger partial charge on any atom is 0.262 e. The Morgan fingerprint density at radius 2 is 1.91 bits per heavy atom. The van der Waals surface area contributed by atoms with Gasteiger partial charge in [-0.1, -0.05) is 54.2 Å². The number of thioether (sulfide) groups is 1. The summed E-state index contributed by atoms with van der Waals surface area (Å²) in [7, 11) is 0. The van der Waals surface area contributed by atoms with Crippen LogP contribution in [0.5, 0.6) is 0 Å². The molecule has 34 heavy (non-hydrogen) atoms. The number of hydrogen-bond acceptors (Lipinski definition) is 6. The standard InChI is InChI=1S/C26H24N4O2S2/c1-16-10-11-19(13-17(16)2)27-24(31)15-23-25(32)28-26(34-23)30-21(18-7-4-3-5-8-18)14-20(29-30)22-9-6-12-33-22/h3-13,21,23H,14-15H2,1-2H3,(H,27,31)/t21-,23+/m1/s1. The van der Waals surface area contributed by atoms with Crippen LogP contribution < -0.4 is 5.32 Å². The summed E-state index contributed by atoms with van der Waals surface area (Å²) < 4.78 is 0. The van der Waals surface area contributed by atoms with Crippen molar-refractivity contribution in [2.75, 3.05) is 5.32 Å². The number of amides is 2. The van der Waals surface area contributed by atoms with Crippen molar-refractivity contribution in [3.05, 3.63) is 87.6 Å². The van der Waals surface area contributed by atoms with Gasteiger partial charge in [-0.25, -0.2) is 5.01 Å². The number of aliphatic imine (C=N–C) groups is 1. The molecule has 2 atom stereocenters. The van der Waals surface area contributed by atoms with Gasteiger partial charge in [0.2, 0.25) is 5.91 Å². The van der Waals surface area contributed by atoms with Crippen LogP contribution in [0.3, 0.4) is 0 Å². The number of hydrogen-bond donors (Lipinski definition) is 1. The van der Waals surface area contributed by atoms with E-state index in [1.807, 2.05) is 66.7 Å². The minimum Gasteiger partial charge on any atom is -0.326 e. The highest BCUT2D eigenvalue weighted by molar-refractivity contribution is 8.15. The van der Waals surface area contributed by atoms with Gasteiger partial charge in [-0.15, -0.1) is 11.3 Å². The van der Waals surface area contributed by atoms with E-state index < -0.39 is 5.25 Å². The highest BCUT2D eigenvalue weighted by atomic mass is 32.2. The zero-order valence-electron chi connectivity index (χ0n) is 18.9. The maximum atomic E-state index is 12.7. The lowest BCUT2D eigenvalue weighted by Gasteiger charge is -2.23. The third-order valence-corrected chi connectivity index (χ3v) is 8.05. The first kappa shape index (κ1) is 22.6. The molecular formula is C26H24N4O2S2. The van der Waals surface area contributed by atoms with E-state index in [0.717, 1.165) is 33.8 Å². The predicted octanol–water partition coefficient (Wildman–Crippen LogP) is 5.54. The smallest absolute Gasteiger partial charge is 0.262 e. The van der Waals surface area contributed by atoms with Gasteiger partial charge in [0, 0.05) is 18.5 Å². The number of benzene rings is 2. The predicted molar refractivity (Wildman–Crippen MR) is 139 cm³/mol. The summed E-state index contributed by atoms with van der Waals surface area (Å²) in [5, 5.41) is 11.7. The topological polar surface area (TPSA) is 74.1 Å². The fraction of sp³-hybridized carbons (Fsp3) is 0.231. The summed E-state index contributed by atoms with van der Waals surface area (Å²) in [5.74, 6) is -0.490. The Morgan fingerprint density at radius 3 is 2.65 bits per heavy atom. The first-order valence-electron chi connectivity index (χ1n) is 11.1. The summed E-state index contributed by atoms with van der Waals surface area (Å²) in [4.78, 5) is 30.8. The molecule has 0 saturated heterocycles. The Balaban J connectivity index is 1.31. The molecule has 1 aromatic heterocycles. The first-order chi connectivity index (χ1) is 16.5. The van der Waals surface area contributed by atoms with Crippen LogP contribution in [0, 0.1) is 13.8 Å². The molecule has 0 fully saturated rings. The average Bonchev–Trinajstić information content (AvgIpc) is 3.57. The molecule has 1 N–H and O–H groups in total. The molecule has 2 aromatic carbocycles. The number of nitrogens with zero attached hydrogens (tertiary/aromatic N) is 3. The van der Waals surface area contributed by atoms with E-state index >= 15 is 0 Å². The normalized spacial score (nSPS) is 19.8. The molecule has 5 rings (SSSR count). The van der Waals surface area contributed by atoms with Gasteiger partial charge in [-0.2, -0.15) is 10.1 Å². The van der Waals surface area contributed by atoms with Crippen LogP contribution in [0.2, 0.25) is 0 Å². The third-order valence-electron chi connectivity index (χ3n) is 5.99. The number of carbonyl (C=O) groups is 2. The fourth-order valence-corrected chi connectivity index (χ4v) is 5.80. The SMILES string of the molecule is Cc1ccc(NC(=O)C[C@@H]2SC(N3N=C(c4cccs4)C[C@@H]3c3ccccc3)=NC2=O)cc1C. The largest absolute Gasteiger partial charge is 0.326 e. The number of rotatable bonds is 5. The highest BCUT2D eigenvalue weighted by Gasteiger charge is 2.39. The van der Waals surface area contributed by atoms with Crippen LogP contribution in [-0.4, -0.2) is 33.0 Å². The molecule has 0 radical (unpaired) electrons. The van der Waals surface area contributed by atoms with Gasteiger partial charge in [-0.05, 0) is 54.1 Å². The number of nitrogens with one attached hydrogen (secondary N) is 1. The van der Waals surface area contributed by atoms with Crippen LogP contribution in [0.25, 0.3) is 0 Å². The van der Waals surface area contributed by atoms with E-state index in [1.54, 1.807) is 11.3 Å². The second-order valence-corrected chi connectivity index (χ2v) is 10.5. The Labute approximate surface area is 206 Å². The molecule has 0 spiro atoms. The van der Waals surface area contributed by atoms with Crippen LogP contribution in [-0.2, 0) is 9.59 Å². The molecule has 0 aliphatic carbocycles. The van der Waals surface area contributed by atoms with Crippen molar-refractivity contribution in [1.29, 1.82) is 0 Å². The van der Waals surface area contributed by atoms with Crippen molar-refractivity contribution >= 4 is 51.5 Å². The molecular weight excluding hydrogens is 464 g/mol. The van der Waals surface area contributed by atoms with Crippen LogP contribution >= 0.6 is 23.1 Å². The van der Waals surface area contributed by atoms with Crippen molar-refractivity contribution in [3.63, 3.8) is 0 Å². The number of anilines is 1. The summed E-state index contributed by atoms with van der Waals surface area (Å²) in [5.41, 5.74) is 5.10. The second-order valence-electron chi connectivity index (χ2n) is 8.39. The summed E-state index contributed by atoms with van der Waals surface area (Å²) in [6, 6.07) is 20.0. The van der Waals surface area contributed by atoms with Gasteiger partial charge >= 0.3 is 0 Å². The zero-order chi connectivity index (χ0) is 23.7. The Kier molecular flexibility index (Phi) is 6.34. The van der Waals surface area contributed by atoms with Gasteiger partial charge < -0.3 is 5.32 Å². The number of amidine groups is 1. The second kappa shape index (κ2) is 9.56. The van der Waals surface area contributed by atoms with E-state index in [-0.39, 0.29) is 24.3 Å². The molecule has 0 bridgehead atoms. The summed E-state index contributed by atoms with van der Waals surface area (Å²) >= 11 is 2.97.